The lowest BCUT2D eigenvalue weighted by Crippen LogP contribution is -2.38. The molecule has 0 unspecified atom stereocenters. The van der Waals surface area contributed by atoms with E-state index in [-0.39, 0.29) is 0 Å². The fraction of sp³-hybridized carbons (Fsp3) is 0.615. The summed E-state index contributed by atoms with van der Waals surface area (Å²) in [6.07, 6.45) is 0. The third kappa shape index (κ3) is 3.38. The number of rotatable bonds is 5. The van der Waals surface area contributed by atoms with Crippen LogP contribution in [0, 0.1) is 6.92 Å². The Bertz CT molecular complexity index is 591. The summed E-state index contributed by atoms with van der Waals surface area (Å²) in [5.74, 6) is 1.80. The number of aromatic nitrogens is 4. The Labute approximate surface area is 132 Å². The molecule has 1 aliphatic rings. The van der Waals surface area contributed by atoms with Gasteiger partial charge in [-0.25, -0.2) is 4.98 Å². The van der Waals surface area contributed by atoms with Crippen molar-refractivity contribution in [2.75, 3.05) is 31.2 Å². The fourth-order valence-corrected chi connectivity index (χ4v) is 3.88. The zero-order valence-corrected chi connectivity index (χ0v) is 13.9. The van der Waals surface area contributed by atoms with E-state index in [1.807, 2.05) is 6.92 Å². The van der Waals surface area contributed by atoms with Crippen LogP contribution in [-0.2, 0) is 17.0 Å². The van der Waals surface area contributed by atoms with Crippen molar-refractivity contribution >= 4 is 29.0 Å². The second kappa shape index (κ2) is 6.76. The van der Waals surface area contributed by atoms with Gasteiger partial charge in [0, 0.05) is 30.8 Å². The second-order valence-corrected chi connectivity index (χ2v) is 6.78. The first kappa shape index (κ1) is 14.8. The van der Waals surface area contributed by atoms with Crippen molar-refractivity contribution in [3.63, 3.8) is 0 Å². The van der Waals surface area contributed by atoms with Crippen LogP contribution in [0.4, 0.5) is 5.95 Å². The first-order valence-corrected chi connectivity index (χ1v) is 8.94. The summed E-state index contributed by atoms with van der Waals surface area (Å²) in [7, 11) is 0. The molecule has 0 spiro atoms. The molecule has 0 radical (unpaired) electrons. The van der Waals surface area contributed by atoms with Gasteiger partial charge in [0.2, 0.25) is 5.95 Å². The molecule has 2 aromatic rings. The highest BCUT2D eigenvalue weighted by molar-refractivity contribution is 7.98. The molecule has 6 nitrogen and oxygen atoms in total. The molecule has 1 saturated heterocycles. The molecular weight excluding hydrogens is 306 g/mol. The lowest BCUT2D eigenvalue weighted by molar-refractivity contribution is 0.121. The predicted molar refractivity (Wildman–Crippen MR) is 85.1 cm³/mol. The van der Waals surface area contributed by atoms with E-state index >= 15 is 0 Å². The molecule has 0 aromatic carbocycles. The smallest absolute Gasteiger partial charge is 0.228 e. The van der Waals surface area contributed by atoms with Crippen LogP contribution in [0.3, 0.4) is 0 Å². The highest BCUT2D eigenvalue weighted by Crippen LogP contribution is 2.25. The lowest BCUT2D eigenvalue weighted by atomic mass is 10.4. The average Bonchev–Trinajstić information content (AvgIpc) is 3.11. The Morgan fingerprint density at radius 3 is 2.81 bits per heavy atom. The van der Waals surface area contributed by atoms with Crippen molar-refractivity contribution in [3.05, 3.63) is 16.1 Å². The van der Waals surface area contributed by atoms with Crippen molar-refractivity contribution in [2.45, 2.75) is 31.3 Å². The van der Waals surface area contributed by atoms with E-state index in [1.165, 1.54) is 0 Å². The normalized spacial score (nSPS) is 15.6. The Morgan fingerprint density at radius 2 is 2.14 bits per heavy atom. The summed E-state index contributed by atoms with van der Waals surface area (Å²) in [4.78, 5) is 6.74. The van der Waals surface area contributed by atoms with Crippen LogP contribution in [0.1, 0.15) is 17.6 Å². The third-order valence-corrected chi connectivity index (χ3v) is 5.15. The largest absolute Gasteiger partial charge is 0.378 e. The maximum atomic E-state index is 5.40. The molecule has 3 heterocycles. The monoisotopic (exact) mass is 325 g/mol. The van der Waals surface area contributed by atoms with Crippen LogP contribution in [0.15, 0.2) is 10.5 Å². The van der Waals surface area contributed by atoms with Gasteiger partial charge in [-0.05, 0) is 13.8 Å². The minimum atomic E-state index is 0.761. The van der Waals surface area contributed by atoms with Gasteiger partial charge in [-0.2, -0.15) is 0 Å². The van der Waals surface area contributed by atoms with E-state index in [4.69, 9.17) is 4.74 Å². The minimum Gasteiger partial charge on any atom is -0.378 e. The summed E-state index contributed by atoms with van der Waals surface area (Å²) >= 11 is 3.39. The van der Waals surface area contributed by atoms with E-state index in [0.29, 0.717) is 0 Å². The standard InChI is InChI=1S/C13H19N5OS2/c1-3-18-12(17-4-6-19-7-5-17)15-16-13(18)21-9-11-8-20-10(2)14-11/h8H,3-7,9H2,1-2H3. The molecule has 0 aliphatic carbocycles. The molecule has 0 bridgehead atoms. The van der Waals surface area contributed by atoms with Gasteiger partial charge in [0.15, 0.2) is 5.16 Å². The number of thioether (sulfide) groups is 1. The van der Waals surface area contributed by atoms with Crippen LogP contribution < -0.4 is 4.90 Å². The summed E-state index contributed by atoms with van der Waals surface area (Å²) in [6.45, 7) is 8.32. The highest BCUT2D eigenvalue weighted by Gasteiger charge is 2.19. The topological polar surface area (TPSA) is 56.1 Å². The van der Waals surface area contributed by atoms with Crippen LogP contribution in [0.2, 0.25) is 0 Å². The van der Waals surface area contributed by atoms with E-state index in [1.54, 1.807) is 23.1 Å². The Balaban J connectivity index is 1.71. The second-order valence-electron chi connectivity index (χ2n) is 4.77. The SMILES string of the molecule is CCn1c(SCc2csc(C)n2)nnc1N1CCOCC1. The summed E-state index contributed by atoms with van der Waals surface area (Å²) in [5, 5.41) is 12.9. The van der Waals surface area contributed by atoms with Gasteiger partial charge >= 0.3 is 0 Å². The van der Waals surface area contributed by atoms with Crippen molar-refractivity contribution < 1.29 is 4.74 Å². The lowest BCUT2D eigenvalue weighted by Gasteiger charge is -2.27. The van der Waals surface area contributed by atoms with Gasteiger partial charge in [-0.15, -0.1) is 21.5 Å². The molecule has 0 N–H and O–H groups in total. The van der Waals surface area contributed by atoms with Gasteiger partial charge < -0.3 is 9.64 Å². The number of aryl methyl sites for hydroxylation is 1. The van der Waals surface area contributed by atoms with Crippen LogP contribution >= 0.6 is 23.1 Å². The average molecular weight is 325 g/mol. The molecule has 0 amide bonds. The van der Waals surface area contributed by atoms with E-state index in [0.717, 1.165) is 60.4 Å². The molecule has 3 rings (SSSR count). The molecule has 1 aliphatic heterocycles. The minimum absolute atomic E-state index is 0.761. The zero-order chi connectivity index (χ0) is 14.7. The first-order chi connectivity index (χ1) is 10.3. The summed E-state index contributed by atoms with van der Waals surface area (Å²) in [6, 6.07) is 0. The predicted octanol–water partition coefficient (Wildman–Crippen LogP) is 2.19. The highest BCUT2D eigenvalue weighted by atomic mass is 32.2. The van der Waals surface area contributed by atoms with Gasteiger partial charge in [0.05, 0.1) is 23.9 Å². The molecule has 0 atom stereocenters. The number of nitrogens with zero attached hydrogens (tertiary/aromatic N) is 5. The zero-order valence-electron chi connectivity index (χ0n) is 12.3. The molecule has 114 valence electrons. The van der Waals surface area contributed by atoms with Crippen molar-refractivity contribution in [1.29, 1.82) is 0 Å². The molecule has 21 heavy (non-hydrogen) atoms. The fourth-order valence-electron chi connectivity index (χ4n) is 2.27. The molecule has 2 aromatic heterocycles. The van der Waals surface area contributed by atoms with E-state index < -0.39 is 0 Å². The maximum absolute atomic E-state index is 5.40. The van der Waals surface area contributed by atoms with E-state index in [9.17, 15) is 0 Å². The molecule has 1 fully saturated rings. The van der Waals surface area contributed by atoms with Crippen molar-refractivity contribution in [1.82, 2.24) is 19.7 Å². The first-order valence-electron chi connectivity index (χ1n) is 7.07. The Morgan fingerprint density at radius 1 is 1.33 bits per heavy atom. The number of thiazole rings is 1. The maximum Gasteiger partial charge on any atom is 0.228 e. The number of ether oxygens (including phenoxy) is 1. The number of anilines is 1. The summed E-state index contributed by atoms with van der Waals surface area (Å²) in [5.41, 5.74) is 1.11. The number of hydrogen-bond donors (Lipinski definition) is 0. The van der Waals surface area contributed by atoms with Crippen molar-refractivity contribution in [3.8, 4) is 0 Å². The number of hydrogen-bond acceptors (Lipinski definition) is 7. The molecular formula is C13H19N5OS2. The van der Waals surface area contributed by atoms with Gasteiger partial charge in [0.1, 0.15) is 0 Å². The van der Waals surface area contributed by atoms with Crippen LogP contribution in [0.25, 0.3) is 0 Å². The quantitative estimate of drug-likeness (QED) is 0.786. The summed E-state index contributed by atoms with van der Waals surface area (Å²) < 4.78 is 7.57. The van der Waals surface area contributed by atoms with E-state index in [2.05, 4.69) is 37.0 Å². The number of morpholine rings is 1. The molecule has 8 heteroatoms. The van der Waals surface area contributed by atoms with Crippen LogP contribution in [-0.4, -0.2) is 46.1 Å². The van der Waals surface area contributed by atoms with Gasteiger partial charge in [-0.1, -0.05) is 11.8 Å². The Hall–Kier alpha value is -1.12. The van der Waals surface area contributed by atoms with Gasteiger partial charge in [0.25, 0.3) is 0 Å². The van der Waals surface area contributed by atoms with Gasteiger partial charge in [-0.3, -0.25) is 4.57 Å². The third-order valence-electron chi connectivity index (χ3n) is 3.32. The van der Waals surface area contributed by atoms with Crippen LogP contribution in [0.5, 0.6) is 0 Å². The molecule has 0 saturated carbocycles. The Kier molecular flexibility index (Phi) is 4.77. The van der Waals surface area contributed by atoms with Crippen molar-refractivity contribution in [2.24, 2.45) is 0 Å².